The van der Waals surface area contributed by atoms with Gasteiger partial charge in [-0.1, -0.05) is 0 Å². The highest BCUT2D eigenvalue weighted by atomic mass is 16.4. The number of aliphatic carboxylic acids is 1. The quantitative estimate of drug-likeness (QED) is 0.679. The Bertz CT molecular complexity index is 185. The summed E-state index contributed by atoms with van der Waals surface area (Å²) in [6.45, 7) is 3.79. The maximum atomic E-state index is 10.5. The molecule has 3 N–H and O–H groups in total. The van der Waals surface area contributed by atoms with Gasteiger partial charge in [0, 0.05) is 13.0 Å². The van der Waals surface area contributed by atoms with Gasteiger partial charge in [-0.15, -0.1) is 0 Å². The first-order valence-corrected chi connectivity index (χ1v) is 5.36. The molecule has 1 heterocycles. The van der Waals surface area contributed by atoms with E-state index in [-0.39, 0.29) is 0 Å². The van der Waals surface area contributed by atoms with Gasteiger partial charge in [0.25, 0.3) is 0 Å². The lowest BCUT2D eigenvalue weighted by Crippen LogP contribution is -2.37. The Hall–Kier alpha value is -0.610. The molecule has 4 nitrogen and oxygen atoms in total. The number of rotatable bonds is 5. The van der Waals surface area contributed by atoms with Crippen LogP contribution < -0.4 is 5.73 Å². The molecule has 1 atom stereocenters. The van der Waals surface area contributed by atoms with E-state index in [1.54, 1.807) is 0 Å². The maximum absolute atomic E-state index is 10.5. The topological polar surface area (TPSA) is 66.6 Å². The summed E-state index contributed by atoms with van der Waals surface area (Å²) in [6.07, 6.45) is 3.52. The van der Waals surface area contributed by atoms with Crippen molar-refractivity contribution in [2.24, 2.45) is 11.7 Å². The first-order chi connectivity index (χ1) is 6.72. The number of nitrogens with zero attached hydrogens (tertiary/aromatic N) is 1. The van der Waals surface area contributed by atoms with Gasteiger partial charge in [-0.25, -0.2) is 0 Å². The van der Waals surface area contributed by atoms with Gasteiger partial charge in [0.05, 0.1) is 0 Å². The molecule has 14 heavy (non-hydrogen) atoms. The molecule has 0 amide bonds. The minimum absolute atomic E-state index is 0.319. The van der Waals surface area contributed by atoms with E-state index in [1.165, 1.54) is 0 Å². The van der Waals surface area contributed by atoms with E-state index in [0.717, 1.165) is 45.4 Å². The third kappa shape index (κ3) is 4.07. The van der Waals surface area contributed by atoms with Crippen molar-refractivity contribution in [1.82, 2.24) is 4.90 Å². The van der Waals surface area contributed by atoms with Crippen molar-refractivity contribution in [3.8, 4) is 0 Å². The summed E-state index contributed by atoms with van der Waals surface area (Å²) < 4.78 is 0. The Kier molecular flexibility index (Phi) is 4.90. The van der Waals surface area contributed by atoms with Gasteiger partial charge in [-0.05, 0) is 44.8 Å². The Morgan fingerprint density at radius 1 is 1.57 bits per heavy atom. The van der Waals surface area contributed by atoms with Crippen LogP contribution in [0, 0.1) is 5.92 Å². The lowest BCUT2D eigenvalue weighted by Gasteiger charge is -2.31. The zero-order chi connectivity index (χ0) is 10.4. The van der Waals surface area contributed by atoms with Crippen LogP contribution in [0.1, 0.15) is 25.7 Å². The number of carboxylic acid groups (broad SMARTS) is 1. The third-order valence-electron chi connectivity index (χ3n) is 2.74. The number of carbonyl (C=O) groups is 1. The van der Waals surface area contributed by atoms with Gasteiger partial charge in [-0.3, -0.25) is 4.79 Å². The first kappa shape index (κ1) is 11.5. The summed E-state index contributed by atoms with van der Waals surface area (Å²) >= 11 is 0. The van der Waals surface area contributed by atoms with E-state index >= 15 is 0 Å². The molecule has 0 bridgehead atoms. The maximum Gasteiger partial charge on any atom is 0.303 e. The van der Waals surface area contributed by atoms with Gasteiger partial charge in [0.2, 0.25) is 0 Å². The summed E-state index contributed by atoms with van der Waals surface area (Å²) in [5.41, 5.74) is 5.44. The number of likely N-dealkylation sites (tertiary alicyclic amines) is 1. The Morgan fingerprint density at radius 3 is 3.00 bits per heavy atom. The van der Waals surface area contributed by atoms with Gasteiger partial charge in [-0.2, -0.15) is 0 Å². The average molecular weight is 200 g/mol. The summed E-state index contributed by atoms with van der Waals surface area (Å²) in [4.78, 5) is 12.9. The predicted octanol–water partition coefficient (Wildman–Crippen LogP) is 0.522. The number of piperidine rings is 1. The summed E-state index contributed by atoms with van der Waals surface area (Å²) in [5, 5.41) is 8.69. The second-order valence-corrected chi connectivity index (χ2v) is 4.05. The normalized spacial score (nSPS) is 23.6. The van der Waals surface area contributed by atoms with E-state index in [4.69, 9.17) is 10.8 Å². The van der Waals surface area contributed by atoms with Crippen molar-refractivity contribution in [1.29, 1.82) is 0 Å². The fraction of sp³-hybridized carbons (Fsp3) is 0.900. The van der Waals surface area contributed by atoms with Crippen molar-refractivity contribution in [3.63, 3.8) is 0 Å². The van der Waals surface area contributed by atoms with E-state index in [1.807, 2.05) is 0 Å². The molecule has 0 aromatic rings. The van der Waals surface area contributed by atoms with E-state index in [0.29, 0.717) is 12.3 Å². The Morgan fingerprint density at radius 2 is 2.36 bits per heavy atom. The molecule has 1 saturated heterocycles. The molecular weight excluding hydrogens is 180 g/mol. The van der Waals surface area contributed by atoms with E-state index in [9.17, 15) is 4.79 Å². The highest BCUT2D eigenvalue weighted by Crippen LogP contribution is 2.19. The second kappa shape index (κ2) is 5.98. The molecule has 1 rings (SSSR count). The van der Waals surface area contributed by atoms with Crippen molar-refractivity contribution >= 4 is 5.97 Å². The second-order valence-electron chi connectivity index (χ2n) is 4.05. The predicted molar refractivity (Wildman–Crippen MR) is 55.1 cm³/mol. The van der Waals surface area contributed by atoms with Crippen LogP contribution in [0.5, 0.6) is 0 Å². The molecule has 1 unspecified atom stereocenters. The van der Waals surface area contributed by atoms with Crippen molar-refractivity contribution < 1.29 is 9.90 Å². The Balaban J connectivity index is 2.24. The molecule has 82 valence electrons. The summed E-state index contributed by atoms with van der Waals surface area (Å²) in [6, 6.07) is 0. The smallest absolute Gasteiger partial charge is 0.303 e. The van der Waals surface area contributed by atoms with Crippen LogP contribution in [-0.4, -0.2) is 42.2 Å². The minimum atomic E-state index is -0.671. The van der Waals surface area contributed by atoms with Crippen molar-refractivity contribution in [3.05, 3.63) is 0 Å². The number of hydrogen-bond donors (Lipinski definition) is 2. The van der Waals surface area contributed by atoms with Crippen LogP contribution in [0.15, 0.2) is 0 Å². The fourth-order valence-corrected chi connectivity index (χ4v) is 2.08. The molecule has 1 fully saturated rings. The largest absolute Gasteiger partial charge is 0.481 e. The van der Waals surface area contributed by atoms with Gasteiger partial charge < -0.3 is 15.7 Å². The summed E-state index contributed by atoms with van der Waals surface area (Å²) in [7, 11) is 0. The molecule has 0 spiro atoms. The summed E-state index contributed by atoms with van der Waals surface area (Å²) in [5.74, 6) is -0.324. The van der Waals surface area contributed by atoms with Crippen LogP contribution >= 0.6 is 0 Å². The highest BCUT2D eigenvalue weighted by molar-refractivity contribution is 5.67. The first-order valence-electron chi connectivity index (χ1n) is 5.36. The van der Waals surface area contributed by atoms with E-state index < -0.39 is 5.97 Å². The lowest BCUT2D eigenvalue weighted by atomic mass is 9.95. The van der Waals surface area contributed by atoms with Gasteiger partial charge in [0.1, 0.15) is 0 Å². The molecule has 0 aromatic heterocycles. The van der Waals surface area contributed by atoms with Crippen LogP contribution in [0.25, 0.3) is 0 Å². The average Bonchev–Trinajstić information content (AvgIpc) is 2.14. The molecule has 0 aliphatic carbocycles. The van der Waals surface area contributed by atoms with Crippen LogP contribution in [0.4, 0.5) is 0 Å². The standard InChI is InChI=1S/C10H20N2O2/c11-4-2-6-12-5-1-3-9(8-12)7-10(13)14/h9H,1-8,11H2,(H,13,14). The monoisotopic (exact) mass is 200 g/mol. The van der Waals surface area contributed by atoms with Crippen LogP contribution in [-0.2, 0) is 4.79 Å². The van der Waals surface area contributed by atoms with E-state index in [2.05, 4.69) is 4.90 Å². The molecule has 1 aliphatic rings. The highest BCUT2D eigenvalue weighted by Gasteiger charge is 2.21. The minimum Gasteiger partial charge on any atom is -0.481 e. The SMILES string of the molecule is NCCCN1CCCC(CC(=O)O)C1. The zero-order valence-corrected chi connectivity index (χ0v) is 8.61. The van der Waals surface area contributed by atoms with Crippen LogP contribution in [0.3, 0.4) is 0 Å². The van der Waals surface area contributed by atoms with Crippen molar-refractivity contribution in [2.45, 2.75) is 25.7 Å². The van der Waals surface area contributed by atoms with Gasteiger partial charge in [0.15, 0.2) is 0 Å². The lowest BCUT2D eigenvalue weighted by molar-refractivity contribution is -0.138. The zero-order valence-electron chi connectivity index (χ0n) is 8.61. The molecule has 0 radical (unpaired) electrons. The molecule has 0 aromatic carbocycles. The third-order valence-corrected chi connectivity index (χ3v) is 2.74. The van der Waals surface area contributed by atoms with Gasteiger partial charge >= 0.3 is 5.97 Å². The number of nitrogens with two attached hydrogens (primary N) is 1. The molecule has 1 aliphatic heterocycles. The number of carboxylic acids is 1. The molecule has 4 heteroatoms. The Labute approximate surface area is 85.1 Å². The van der Waals surface area contributed by atoms with Crippen LogP contribution in [0.2, 0.25) is 0 Å². The molecular formula is C10H20N2O2. The fourth-order valence-electron chi connectivity index (χ4n) is 2.08. The van der Waals surface area contributed by atoms with Crippen molar-refractivity contribution in [2.75, 3.05) is 26.2 Å². The number of hydrogen-bond acceptors (Lipinski definition) is 3. The molecule has 0 saturated carbocycles.